The second kappa shape index (κ2) is 7.86. The number of halogens is 2. The maximum absolute atomic E-state index is 6.12. The molecule has 0 amide bonds. The van der Waals surface area contributed by atoms with Gasteiger partial charge in [-0.3, -0.25) is 9.55 Å². The molecule has 0 atom stereocenters. The number of hydrogen-bond acceptors (Lipinski definition) is 5. The molecule has 1 fully saturated rings. The van der Waals surface area contributed by atoms with Crippen LogP contribution in [0, 0.1) is 0 Å². The Morgan fingerprint density at radius 3 is 2.65 bits per heavy atom. The zero-order valence-corrected chi connectivity index (χ0v) is 16.1. The van der Waals surface area contributed by atoms with Crippen LogP contribution in [-0.4, -0.2) is 32.1 Å². The third-order valence-corrected chi connectivity index (χ3v) is 5.42. The van der Waals surface area contributed by atoms with Gasteiger partial charge in [0.05, 0.1) is 11.6 Å². The van der Waals surface area contributed by atoms with Crippen LogP contribution in [0.15, 0.2) is 47.9 Å². The number of aromatic nitrogens is 4. The lowest BCUT2D eigenvalue weighted by Gasteiger charge is -2.10. The molecule has 0 radical (unpaired) electrons. The molecule has 0 saturated heterocycles. The molecule has 1 aliphatic rings. The van der Waals surface area contributed by atoms with Crippen molar-refractivity contribution in [1.29, 1.82) is 0 Å². The van der Waals surface area contributed by atoms with E-state index in [4.69, 9.17) is 27.9 Å². The zero-order chi connectivity index (χ0) is 17.9. The first kappa shape index (κ1) is 17.6. The van der Waals surface area contributed by atoms with Crippen molar-refractivity contribution in [2.75, 3.05) is 12.4 Å². The fraction of sp³-hybridized carbons (Fsp3) is 0.278. The first-order valence-corrected chi connectivity index (χ1v) is 10.0. The summed E-state index contributed by atoms with van der Waals surface area (Å²) < 4.78 is 7.98. The van der Waals surface area contributed by atoms with E-state index in [0.29, 0.717) is 28.4 Å². The number of benzene rings is 1. The van der Waals surface area contributed by atoms with Crippen LogP contribution in [-0.2, 0) is 0 Å². The Bertz CT molecular complexity index is 899. The Hall–Kier alpha value is -1.76. The van der Waals surface area contributed by atoms with Gasteiger partial charge in [0.2, 0.25) is 0 Å². The minimum absolute atomic E-state index is 0.488. The Kier molecular flexibility index (Phi) is 5.33. The third kappa shape index (κ3) is 3.98. The molecule has 1 saturated carbocycles. The van der Waals surface area contributed by atoms with Crippen LogP contribution in [0.4, 0.5) is 0 Å². The molecule has 4 rings (SSSR count). The fourth-order valence-corrected chi connectivity index (χ4v) is 3.90. The van der Waals surface area contributed by atoms with Gasteiger partial charge in [0.1, 0.15) is 5.75 Å². The Labute approximate surface area is 165 Å². The molecule has 0 aliphatic heterocycles. The normalized spacial score (nSPS) is 13.8. The van der Waals surface area contributed by atoms with Crippen molar-refractivity contribution < 1.29 is 4.74 Å². The SMILES string of the molecule is Clc1ccc(OCCSc2nnc(-c3ccncc3)n2C2CC2)c(Cl)c1. The molecule has 134 valence electrons. The summed E-state index contributed by atoms with van der Waals surface area (Å²) in [6, 6.07) is 9.63. The van der Waals surface area contributed by atoms with Crippen molar-refractivity contribution >= 4 is 35.0 Å². The molecule has 0 N–H and O–H groups in total. The first-order chi connectivity index (χ1) is 12.7. The Balaban J connectivity index is 1.42. The average Bonchev–Trinajstić information content (AvgIpc) is 3.40. The highest BCUT2D eigenvalue weighted by Gasteiger charge is 2.30. The molecule has 8 heteroatoms. The Morgan fingerprint density at radius 1 is 1.12 bits per heavy atom. The van der Waals surface area contributed by atoms with Gasteiger partial charge in [0, 0.05) is 34.8 Å². The molecule has 1 aliphatic carbocycles. The summed E-state index contributed by atoms with van der Waals surface area (Å²) in [6.45, 7) is 0.522. The smallest absolute Gasteiger partial charge is 0.191 e. The largest absolute Gasteiger partial charge is 0.491 e. The molecule has 2 heterocycles. The van der Waals surface area contributed by atoms with Crippen LogP contribution in [0.5, 0.6) is 5.75 Å². The second-order valence-electron chi connectivity index (χ2n) is 5.91. The van der Waals surface area contributed by atoms with Gasteiger partial charge in [-0.15, -0.1) is 10.2 Å². The highest BCUT2D eigenvalue weighted by molar-refractivity contribution is 7.99. The minimum Gasteiger partial charge on any atom is -0.491 e. The van der Waals surface area contributed by atoms with Gasteiger partial charge < -0.3 is 4.74 Å². The van der Waals surface area contributed by atoms with Gasteiger partial charge in [-0.25, -0.2) is 0 Å². The van der Waals surface area contributed by atoms with Crippen molar-refractivity contribution in [1.82, 2.24) is 19.7 Å². The summed E-state index contributed by atoms with van der Waals surface area (Å²) in [6.07, 6.45) is 5.89. The predicted octanol–water partition coefficient (Wildman–Crippen LogP) is 5.15. The van der Waals surface area contributed by atoms with Crippen molar-refractivity contribution in [3.8, 4) is 17.1 Å². The van der Waals surface area contributed by atoms with Crippen molar-refractivity contribution in [3.05, 3.63) is 52.8 Å². The highest BCUT2D eigenvalue weighted by atomic mass is 35.5. The topological polar surface area (TPSA) is 52.8 Å². The summed E-state index contributed by atoms with van der Waals surface area (Å²) in [7, 11) is 0. The van der Waals surface area contributed by atoms with Crippen LogP contribution in [0.1, 0.15) is 18.9 Å². The molecule has 0 spiro atoms. The van der Waals surface area contributed by atoms with Crippen molar-refractivity contribution in [3.63, 3.8) is 0 Å². The lowest BCUT2D eigenvalue weighted by atomic mass is 10.2. The fourth-order valence-electron chi connectivity index (χ4n) is 2.61. The maximum Gasteiger partial charge on any atom is 0.191 e. The van der Waals surface area contributed by atoms with Crippen LogP contribution in [0.3, 0.4) is 0 Å². The summed E-state index contributed by atoms with van der Waals surface area (Å²) in [4.78, 5) is 4.07. The lowest BCUT2D eigenvalue weighted by molar-refractivity contribution is 0.344. The first-order valence-electron chi connectivity index (χ1n) is 8.28. The number of ether oxygens (including phenoxy) is 1. The van der Waals surface area contributed by atoms with E-state index in [-0.39, 0.29) is 0 Å². The summed E-state index contributed by atoms with van der Waals surface area (Å²) >= 11 is 13.7. The average molecular weight is 407 g/mol. The minimum atomic E-state index is 0.488. The van der Waals surface area contributed by atoms with E-state index >= 15 is 0 Å². The van der Waals surface area contributed by atoms with E-state index in [1.807, 2.05) is 12.1 Å². The molecular formula is C18H16Cl2N4OS. The number of hydrogen-bond donors (Lipinski definition) is 0. The summed E-state index contributed by atoms with van der Waals surface area (Å²) in [5.41, 5.74) is 1.04. The molecule has 2 aromatic heterocycles. The van der Waals surface area contributed by atoms with Gasteiger partial charge >= 0.3 is 0 Å². The number of nitrogens with zero attached hydrogens (tertiary/aromatic N) is 4. The van der Waals surface area contributed by atoms with Gasteiger partial charge in [0.25, 0.3) is 0 Å². The molecule has 3 aromatic rings. The van der Waals surface area contributed by atoms with Crippen LogP contribution >= 0.6 is 35.0 Å². The third-order valence-electron chi connectivity index (χ3n) is 3.98. The number of pyridine rings is 1. The molecule has 0 bridgehead atoms. The highest BCUT2D eigenvalue weighted by Crippen LogP contribution is 2.41. The van der Waals surface area contributed by atoms with Gasteiger partial charge in [-0.2, -0.15) is 0 Å². The van der Waals surface area contributed by atoms with E-state index in [1.165, 1.54) is 12.8 Å². The lowest BCUT2D eigenvalue weighted by Crippen LogP contribution is -2.04. The molecule has 0 unspecified atom stereocenters. The van der Waals surface area contributed by atoms with Gasteiger partial charge in [0.15, 0.2) is 11.0 Å². The molecule has 1 aromatic carbocycles. The van der Waals surface area contributed by atoms with Crippen LogP contribution in [0.2, 0.25) is 10.0 Å². The van der Waals surface area contributed by atoms with E-state index in [1.54, 1.807) is 42.4 Å². The zero-order valence-electron chi connectivity index (χ0n) is 13.8. The maximum atomic E-state index is 6.12. The number of rotatable bonds is 7. The quantitative estimate of drug-likeness (QED) is 0.400. The van der Waals surface area contributed by atoms with Gasteiger partial charge in [-0.05, 0) is 43.2 Å². The van der Waals surface area contributed by atoms with Gasteiger partial charge in [-0.1, -0.05) is 35.0 Å². The standard InChI is InChI=1S/C18H16Cl2N4OS/c19-13-1-4-16(15(20)11-13)25-9-10-26-18-23-22-17(24(18)14-2-3-14)12-5-7-21-8-6-12/h1,4-8,11,14H,2-3,9-10H2. The van der Waals surface area contributed by atoms with E-state index in [2.05, 4.69) is 19.7 Å². The van der Waals surface area contributed by atoms with E-state index in [9.17, 15) is 0 Å². The summed E-state index contributed by atoms with van der Waals surface area (Å²) in [5, 5.41) is 10.8. The van der Waals surface area contributed by atoms with Crippen molar-refractivity contribution in [2.45, 2.75) is 24.0 Å². The monoisotopic (exact) mass is 406 g/mol. The molecule has 26 heavy (non-hydrogen) atoms. The summed E-state index contributed by atoms with van der Waals surface area (Å²) in [5.74, 6) is 2.29. The van der Waals surface area contributed by atoms with Crippen LogP contribution in [0.25, 0.3) is 11.4 Å². The van der Waals surface area contributed by atoms with E-state index in [0.717, 1.165) is 22.3 Å². The van der Waals surface area contributed by atoms with Crippen molar-refractivity contribution in [2.24, 2.45) is 0 Å². The van der Waals surface area contributed by atoms with E-state index < -0.39 is 0 Å². The predicted molar refractivity (Wildman–Crippen MR) is 104 cm³/mol. The molecular weight excluding hydrogens is 391 g/mol. The van der Waals surface area contributed by atoms with Crippen LogP contribution < -0.4 is 4.74 Å². The molecule has 5 nitrogen and oxygen atoms in total. The Morgan fingerprint density at radius 2 is 1.92 bits per heavy atom. The second-order valence-corrected chi connectivity index (χ2v) is 7.82. The number of thioether (sulfide) groups is 1.